The van der Waals surface area contributed by atoms with Gasteiger partial charge >= 0.3 is 5.97 Å². The number of hydrogen-bond donors (Lipinski definition) is 2. The van der Waals surface area contributed by atoms with Crippen LogP contribution >= 0.6 is 0 Å². The predicted octanol–water partition coefficient (Wildman–Crippen LogP) is 4.27. The van der Waals surface area contributed by atoms with E-state index in [9.17, 15) is 14.0 Å². The molecule has 0 bridgehead atoms. The number of anilines is 2. The van der Waals surface area contributed by atoms with Gasteiger partial charge in [0.1, 0.15) is 16.9 Å². The molecule has 6 heterocycles. The summed E-state index contributed by atoms with van der Waals surface area (Å²) < 4.78 is 37.4. The molecule has 2 N–H and O–H groups in total. The van der Waals surface area contributed by atoms with Crippen molar-refractivity contribution in [1.82, 2.24) is 24.4 Å². The van der Waals surface area contributed by atoms with Crippen LogP contribution in [-0.4, -0.2) is 76.8 Å². The van der Waals surface area contributed by atoms with Crippen molar-refractivity contribution < 1.29 is 18.3 Å². The Morgan fingerprint density at radius 3 is 2.74 bits per heavy atom. The van der Waals surface area contributed by atoms with Gasteiger partial charge in [0, 0.05) is 75.6 Å². The predicted molar refractivity (Wildman–Crippen MR) is 162 cm³/mol. The molecule has 0 amide bonds. The summed E-state index contributed by atoms with van der Waals surface area (Å²) >= 11 is 0. The van der Waals surface area contributed by atoms with Crippen LogP contribution in [0.5, 0.6) is 0 Å². The number of pyridine rings is 3. The van der Waals surface area contributed by atoms with Gasteiger partial charge in [-0.1, -0.05) is 0 Å². The lowest BCUT2D eigenvalue weighted by molar-refractivity contribution is 0.0524. The molecular weight excluding hydrogens is 556 g/mol. The number of hydrogen-bond acceptors (Lipinski definition) is 8. The molecule has 2 aliphatic heterocycles. The number of aromatic nitrogens is 4. The molecule has 5 aromatic rings. The maximum absolute atomic E-state index is 15.7. The molecule has 2 atom stereocenters. The summed E-state index contributed by atoms with van der Waals surface area (Å²) in [6.07, 6.45) is 5.72. The second-order valence-electron chi connectivity index (χ2n) is 11.4. The number of esters is 1. The van der Waals surface area contributed by atoms with Crippen molar-refractivity contribution in [1.29, 1.82) is 0 Å². The molecule has 4 aromatic heterocycles. The van der Waals surface area contributed by atoms with Crippen molar-refractivity contribution in [2.24, 2.45) is 13.0 Å². The maximum Gasteiger partial charge on any atom is 0.343 e. The van der Waals surface area contributed by atoms with Crippen LogP contribution in [0.1, 0.15) is 23.7 Å². The van der Waals surface area contributed by atoms with Crippen LogP contribution in [0.3, 0.4) is 0 Å². The Bertz CT molecular complexity index is 2020. The fourth-order valence-electron chi connectivity index (χ4n) is 6.96. The van der Waals surface area contributed by atoms with E-state index in [1.807, 2.05) is 0 Å². The minimum absolute atomic E-state index is 0.0882. The first-order valence-electron chi connectivity index (χ1n) is 14.3. The minimum Gasteiger partial charge on any atom is -0.462 e. The molecule has 222 valence electrons. The van der Waals surface area contributed by atoms with Gasteiger partial charge < -0.3 is 29.4 Å². The number of nitrogens with one attached hydrogen (secondary N) is 2. The minimum atomic E-state index is -0.962. The van der Waals surface area contributed by atoms with Crippen molar-refractivity contribution in [2.45, 2.75) is 19.4 Å². The van der Waals surface area contributed by atoms with Crippen LogP contribution in [0.4, 0.5) is 20.2 Å². The summed E-state index contributed by atoms with van der Waals surface area (Å²) in [5.74, 6) is -2.19. The first kappa shape index (κ1) is 27.3. The molecule has 0 aliphatic carbocycles. The number of H-pyrrole nitrogens is 1. The average Bonchev–Trinajstić information content (AvgIpc) is 3.68. The third-order valence-electron chi connectivity index (χ3n) is 8.87. The summed E-state index contributed by atoms with van der Waals surface area (Å²) in [5.41, 5.74) is 3.01. The van der Waals surface area contributed by atoms with Gasteiger partial charge in [-0.25, -0.2) is 23.5 Å². The van der Waals surface area contributed by atoms with E-state index in [1.54, 1.807) is 44.0 Å². The summed E-state index contributed by atoms with van der Waals surface area (Å²) in [5, 5.41) is 3.80. The molecule has 0 unspecified atom stereocenters. The summed E-state index contributed by atoms with van der Waals surface area (Å²) in [4.78, 5) is 43.1. The lowest BCUT2D eigenvalue weighted by atomic mass is 9.99. The zero-order chi connectivity index (χ0) is 30.2. The van der Waals surface area contributed by atoms with Gasteiger partial charge in [-0.3, -0.25) is 4.79 Å². The lowest BCUT2D eigenvalue weighted by Gasteiger charge is -2.29. The normalized spacial score (nSPS) is 18.7. The standard InChI is InChI=1S/C31H31F2N7O3/c1-5-43-31(42)19-13-39(4)30-17(28(19)41)8-16(10-36-30)18-11-35-29-24(23-25(33)20(32)9-21(34-2)26(23)37-29)27(18)40-7-6-15-12-38(3)14-22(15)40/h8-11,13,15,22,34H,5-7,12,14H2,1-4H3,(H,35,37)/t15-,22+/m0/s1. The van der Waals surface area contributed by atoms with E-state index >= 15 is 4.39 Å². The van der Waals surface area contributed by atoms with Gasteiger partial charge in [0.2, 0.25) is 5.43 Å². The first-order chi connectivity index (χ1) is 20.7. The van der Waals surface area contributed by atoms with Gasteiger partial charge in [-0.05, 0) is 32.4 Å². The van der Waals surface area contributed by atoms with E-state index in [2.05, 4.69) is 37.1 Å². The lowest BCUT2D eigenvalue weighted by Crippen LogP contribution is -2.35. The van der Waals surface area contributed by atoms with Gasteiger partial charge in [-0.2, -0.15) is 0 Å². The molecule has 0 radical (unpaired) electrons. The van der Waals surface area contributed by atoms with Crippen molar-refractivity contribution in [3.63, 3.8) is 0 Å². The van der Waals surface area contributed by atoms with E-state index in [1.165, 1.54) is 6.20 Å². The molecule has 1 aromatic carbocycles. The van der Waals surface area contributed by atoms with Crippen molar-refractivity contribution >= 4 is 50.3 Å². The third-order valence-corrected chi connectivity index (χ3v) is 8.87. The zero-order valence-corrected chi connectivity index (χ0v) is 24.3. The number of halogens is 2. The highest BCUT2D eigenvalue weighted by molar-refractivity contribution is 6.18. The molecule has 2 aliphatic rings. The second-order valence-corrected chi connectivity index (χ2v) is 11.4. The third kappa shape index (κ3) is 4.07. The number of carbonyl (C=O) groups is 1. The van der Waals surface area contributed by atoms with Crippen molar-refractivity contribution in [3.8, 4) is 11.1 Å². The monoisotopic (exact) mass is 587 g/mol. The van der Waals surface area contributed by atoms with Crippen LogP contribution in [0.25, 0.3) is 44.1 Å². The summed E-state index contributed by atoms with van der Waals surface area (Å²) in [6, 6.07) is 2.99. The summed E-state index contributed by atoms with van der Waals surface area (Å²) in [7, 11) is 5.45. The van der Waals surface area contributed by atoms with E-state index in [4.69, 9.17) is 4.74 Å². The highest BCUT2D eigenvalue weighted by Crippen LogP contribution is 2.46. The van der Waals surface area contributed by atoms with E-state index < -0.39 is 23.0 Å². The van der Waals surface area contributed by atoms with Gasteiger partial charge in [0.05, 0.1) is 39.7 Å². The first-order valence-corrected chi connectivity index (χ1v) is 14.3. The molecule has 43 heavy (non-hydrogen) atoms. The highest BCUT2D eigenvalue weighted by Gasteiger charge is 2.42. The number of aryl methyl sites for hydroxylation is 1. The van der Waals surface area contributed by atoms with E-state index in [0.717, 1.165) is 32.1 Å². The van der Waals surface area contributed by atoms with Crippen molar-refractivity contribution in [3.05, 3.63) is 58.1 Å². The quantitative estimate of drug-likeness (QED) is 0.294. The number of benzene rings is 1. The molecule has 0 spiro atoms. The van der Waals surface area contributed by atoms with Gasteiger partial charge in [0.15, 0.2) is 11.6 Å². The summed E-state index contributed by atoms with van der Waals surface area (Å²) in [6.45, 7) is 4.33. The van der Waals surface area contributed by atoms with E-state index in [0.29, 0.717) is 50.6 Å². The number of likely N-dealkylation sites (N-methyl/N-ethyl adjacent to an activating group) is 1. The van der Waals surface area contributed by atoms with Gasteiger partial charge in [0.25, 0.3) is 0 Å². The van der Waals surface area contributed by atoms with Crippen molar-refractivity contribution in [2.75, 3.05) is 50.6 Å². The van der Waals surface area contributed by atoms with Crippen LogP contribution in [0.2, 0.25) is 0 Å². The number of carbonyl (C=O) groups excluding carboxylic acids is 1. The number of ether oxygens (including phenoxy) is 1. The average molecular weight is 588 g/mol. The topological polar surface area (TPSA) is 108 Å². The fraction of sp³-hybridized carbons (Fsp3) is 0.355. The second kappa shape index (κ2) is 10.0. The Labute approximate surface area is 245 Å². The molecule has 0 saturated carbocycles. The molecule has 2 saturated heterocycles. The van der Waals surface area contributed by atoms with Crippen LogP contribution in [-0.2, 0) is 11.8 Å². The van der Waals surface area contributed by atoms with E-state index in [-0.39, 0.29) is 29.0 Å². The number of aromatic amines is 1. The highest BCUT2D eigenvalue weighted by atomic mass is 19.2. The maximum atomic E-state index is 15.7. The Morgan fingerprint density at radius 1 is 1.16 bits per heavy atom. The fourth-order valence-corrected chi connectivity index (χ4v) is 6.96. The number of likely N-dealkylation sites (tertiary alicyclic amines) is 1. The molecule has 12 heteroatoms. The SMILES string of the molecule is CCOC(=O)c1cn(C)c2ncc(-c3cnc4[nH]c5c(NC)cc(F)c(F)c5c4c3N3CC[C@H]4CN(C)C[C@H]43)cc2c1=O. The Balaban J connectivity index is 1.54. The molecule has 2 fully saturated rings. The number of nitrogens with zero attached hydrogens (tertiary/aromatic N) is 5. The Hall–Kier alpha value is -4.58. The number of fused-ring (bicyclic) bond motifs is 5. The Kier molecular flexibility index (Phi) is 6.35. The molecular formula is C31H31F2N7O3. The van der Waals surface area contributed by atoms with Crippen LogP contribution in [0.15, 0.2) is 35.5 Å². The zero-order valence-electron chi connectivity index (χ0n) is 24.3. The molecule has 10 nitrogen and oxygen atoms in total. The Morgan fingerprint density at radius 2 is 1.98 bits per heavy atom. The molecule has 7 rings (SSSR count). The largest absolute Gasteiger partial charge is 0.462 e. The van der Waals surface area contributed by atoms with Gasteiger partial charge in [-0.15, -0.1) is 0 Å². The smallest absolute Gasteiger partial charge is 0.343 e. The van der Waals surface area contributed by atoms with Crippen LogP contribution in [0, 0.1) is 17.6 Å². The van der Waals surface area contributed by atoms with Crippen LogP contribution < -0.4 is 15.6 Å². The number of rotatable bonds is 5.